The average Bonchev–Trinajstić information content (AvgIpc) is 3.23. The highest BCUT2D eigenvalue weighted by molar-refractivity contribution is 7.14. The van der Waals surface area contributed by atoms with E-state index in [4.69, 9.17) is 10.5 Å². The van der Waals surface area contributed by atoms with E-state index in [0.29, 0.717) is 31.2 Å². The summed E-state index contributed by atoms with van der Waals surface area (Å²) in [6.45, 7) is 1.06. The van der Waals surface area contributed by atoms with Crippen molar-refractivity contribution in [3.63, 3.8) is 0 Å². The Bertz CT molecular complexity index is 765. The molecule has 0 atom stereocenters. The number of hydrogen-bond donors (Lipinski definition) is 2. The van der Waals surface area contributed by atoms with Crippen molar-refractivity contribution in [3.05, 3.63) is 34.7 Å². The first-order chi connectivity index (χ1) is 11.6. The summed E-state index contributed by atoms with van der Waals surface area (Å²) < 4.78 is 5.29. The molecular formula is C18H21N3O2S. The third-order valence-corrected chi connectivity index (χ3v) is 5.71. The van der Waals surface area contributed by atoms with Gasteiger partial charge in [-0.2, -0.15) is 0 Å². The molecule has 1 aromatic heterocycles. The number of thiazole rings is 1. The molecule has 2 aliphatic rings. The first-order valence-electron chi connectivity index (χ1n) is 8.40. The number of ether oxygens (including phenoxy) is 1. The van der Waals surface area contributed by atoms with Crippen LogP contribution in [0.4, 0.5) is 5.13 Å². The zero-order valence-corrected chi connectivity index (χ0v) is 14.3. The Morgan fingerprint density at radius 1 is 1.25 bits per heavy atom. The Morgan fingerprint density at radius 3 is 2.88 bits per heavy atom. The summed E-state index contributed by atoms with van der Waals surface area (Å²) in [7, 11) is 0. The zero-order chi connectivity index (χ0) is 16.6. The molecule has 1 aliphatic carbocycles. The number of amides is 1. The minimum Gasteiger partial charge on any atom is -0.381 e. The van der Waals surface area contributed by atoms with E-state index >= 15 is 0 Å². The van der Waals surface area contributed by atoms with Gasteiger partial charge in [0.15, 0.2) is 5.13 Å². The van der Waals surface area contributed by atoms with Crippen LogP contribution in [0.5, 0.6) is 0 Å². The van der Waals surface area contributed by atoms with Gasteiger partial charge in [-0.1, -0.05) is 12.1 Å². The van der Waals surface area contributed by atoms with Crippen LogP contribution in [0.15, 0.2) is 23.6 Å². The summed E-state index contributed by atoms with van der Waals surface area (Å²) in [5, 5.41) is 5.47. The predicted octanol–water partition coefficient (Wildman–Crippen LogP) is 2.75. The van der Waals surface area contributed by atoms with E-state index in [0.717, 1.165) is 17.7 Å². The molecule has 0 bridgehead atoms. The fourth-order valence-corrected chi connectivity index (χ4v) is 4.09. The number of anilines is 1. The lowest BCUT2D eigenvalue weighted by molar-refractivity contribution is -0.124. The average molecular weight is 343 g/mol. The van der Waals surface area contributed by atoms with Crippen LogP contribution < -0.4 is 11.1 Å². The fraction of sp³-hybridized carbons (Fsp3) is 0.444. The van der Waals surface area contributed by atoms with Crippen molar-refractivity contribution in [2.24, 2.45) is 5.73 Å². The first kappa shape index (κ1) is 15.7. The number of fused-ring (bicyclic) bond motifs is 1. The Kier molecular flexibility index (Phi) is 4.12. The lowest BCUT2D eigenvalue weighted by atomic mass is 9.90. The SMILES string of the molecule is NC1(C(=O)Nc2nc(-c3ccc4c(c3)CCC4)cs2)CCOCC1. The van der Waals surface area contributed by atoms with E-state index < -0.39 is 5.54 Å². The van der Waals surface area contributed by atoms with Gasteiger partial charge in [0.2, 0.25) is 5.91 Å². The van der Waals surface area contributed by atoms with Crippen molar-refractivity contribution < 1.29 is 9.53 Å². The highest BCUT2D eigenvalue weighted by Crippen LogP contribution is 2.30. The third kappa shape index (κ3) is 2.97. The highest BCUT2D eigenvalue weighted by atomic mass is 32.1. The first-order valence-corrected chi connectivity index (χ1v) is 9.28. The Hall–Kier alpha value is -1.76. The Labute approximate surface area is 145 Å². The van der Waals surface area contributed by atoms with E-state index in [1.807, 2.05) is 5.38 Å². The van der Waals surface area contributed by atoms with E-state index in [9.17, 15) is 4.79 Å². The lowest BCUT2D eigenvalue weighted by Crippen LogP contribution is -2.54. The molecule has 0 saturated carbocycles. The standard InChI is InChI=1S/C18H21N3O2S/c19-18(6-8-23-9-7-18)16(22)21-17-20-15(11-24-17)14-5-4-12-2-1-3-13(12)10-14/h4-5,10-11H,1-3,6-9,19H2,(H,20,21,22). The van der Waals surface area contributed by atoms with Crippen LogP contribution in [0.2, 0.25) is 0 Å². The normalized spacial score (nSPS) is 19.0. The molecule has 24 heavy (non-hydrogen) atoms. The van der Waals surface area contributed by atoms with Crippen molar-refractivity contribution in [2.75, 3.05) is 18.5 Å². The second-order valence-electron chi connectivity index (χ2n) is 6.60. The summed E-state index contributed by atoms with van der Waals surface area (Å²) in [6.07, 6.45) is 4.65. The highest BCUT2D eigenvalue weighted by Gasteiger charge is 2.36. The second kappa shape index (κ2) is 6.27. The number of rotatable bonds is 3. The number of benzene rings is 1. The molecular weight excluding hydrogens is 322 g/mol. The lowest BCUT2D eigenvalue weighted by Gasteiger charge is -2.31. The summed E-state index contributed by atoms with van der Waals surface area (Å²) >= 11 is 1.44. The van der Waals surface area contributed by atoms with E-state index in [1.165, 1.54) is 35.3 Å². The predicted molar refractivity (Wildman–Crippen MR) is 95.2 cm³/mol. The largest absolute Gasteiger partial charge is 0.381 e. The van der Waals surface area contributed by atoms with Gasteiger partial charge in [-0.15, -0.1) is 11.3 Å². The number of nitrogens with two attached hydrogens (primary N) is 1. The van der Waals surface area contributed by atoms with Gasteiger partial charge in [-0.3, -0.25) is 4.79 Å². The molecule has 0 radical (unpaired) electrons. The molecule has 1 fully saturated rings. The van der Waals surface area contributed by atoms with Crippen molar-refractivity contribution in [2.45, 2.75) is 37.6 Å². The van der Waals surface area contributed by atoms with Gasteiger partial charge in [-0.05, 0) is 49.3 Å². The summed E-state index contributed by atoms with van der Waals surface area (Å²) in [4.78, 5) is 17.0. The van der Waals surface area contributed by atoms with E-state index in [-0.39, 0.29) is 5.91 Å². The van der Waals surface area contributed by atoms with Crippen molar-refractivity contribution >= 4 is 22.4 Å². The maximum absolute atomic E-state index is 12.5. The Morgan fingerprint density at radius 2 is 2.04 bits per heavy atom. The molecule has 3 N–H and O–H groups in total. The van der Waals surface area contributed by atoms with Crippen LogP contribution in [-0.4, -0.2) is 29.6 Å². The topological polar surface area (TPSA) is 77.2 Å². The maximum Gasteiger partial charge on any atom is 0.246 e. The van der Waals surface area contributed by atoms with Crippen LogP contribution in [0, 0.1) is 0 Å². The van der Waals surface area contributed by atoms with Crippen molar-refractivity contribution in [1.82, 2.24) is 4.98 Å². The van der Waals surface area contributed by atoms with Crippen molar-refractivity contribution in [1.29, 1.82) is 0 Å². The van der Waals surface area contributed by atoms with E-state index in [1.54, 1.807) is 0 Å². The quantitative estimate of drug-likeness (QED) is 0.898. The molecule has 2 aromatic rings. The van der Waals surface area contributed by atoms with Crippen molar-refractivity contribution in [3.8, 4) is 11.3 Å². The summed E-state index contributed by atoms with van der Waals surface area (Å²) in [6, 6.07) is 6.55. The number of carbonyl (C=O) groups excluding carboxylic acids is 1. The molecule has 0 spiro atoms. The minimum atomic E-state index is -0.850. The van der Waals surface area contributed by atoms with Gasteiger partial charge in [0, 0.05) is 24.2 Å². The molecule has 126 valence electrons. The zero-order valence-electron chi connectivity index (χ0n) is 13.5. The molecule has 0 unspecified atom stereocenters. The summed E-state index contributed by atoms with van der Waals surface area (Å²) in [5.41, 5.74) is 10.3. The third-order valence-electron chi connectivity index (χ3n) is 4.96. The van der Waals surface area contributed by atoms with Crippen LogP contribution in [0.1, 0.15) is 30.4 Å². The number of hydrogen-bond acceptors (Lipinski definition) is 5. The molecule has 1 saturated heterocycles. The molecule has 1 aliphatic heterocycles. The van der Waals surface area contributed by atoms with Gasteiger partial charge in [0.1, 0.15) is 5.54 Å². The number of aromatic nitrogens is 1. The van der Waals surface area contributed by atoms with Crippen LogP contribution >= 0.6 is 11.3 Å². The number of aryl methyl sites for hydroxylation is 2. The van der Waals surface area contributed by atoms with Gasteiger partial charge >= 0.3 is 0 Å². The maximum atomic E-state index is 12.5. The molecule has 4 rings (SSSR count). The van der Waals surface area contributed by atoms with Crippen LogP contribution in [0.25, 0.3) is 11.3 Å². The molecule has 5 nitrogen and oxygen atoms in total. The fourth-order valence-electron chi connectivity index (χ4n) is 3.38. The van der Waals surface area contributed by atoms with E-state index in [2.05, 4.69) is 28.5 Å². The van der Waals surface area contributed by atoms with Gasteiger partial charge in [0.25, 0.3) is 0 Å². The van der Waals surface area contributed by atoms with Crippen LogP contribution in [0.3, 0.4) is 0 Å². The smallest absolute Gasteiger partial charge is 0.246 e. The van der Waals surface area contributed by atoms with Crippen LogP contribution in [-0.2, 0) is 22.4 Å². The molecule has 2 heterocycles. The number of nitrogens with zero attached hydrogens (tertiary/aromatic N) is 1. The molecule has 1 amide bonds. The monoisotopic (exact) mass is 343 g/mol. The van der Waals surface area contributed by atoms with Gasteiger partial charge in [0.05, 0.1) is 5.69 Å². The molecule has 6 heteroatoms. The number of nitrogens with one attached hydrogen (secondary N) is 1. The molecule has 1 aromatic carbocycles. The van der Waals surface area contributed by atoms with Gasteiger partial charge < -0.3 is 15.8 Å². The minimum absolute atomic E-state index is 0.166. The number of carbonyl (C=O) groups is 1. The Balaban J connectivity index is 1.49. The second-order valence-corrected chi connectivity index (χ2v) is 7.46. The van der Waals surface area contributed by atoms with Gasteiger partial charge in [-0.25, -0.2) is 4.98 Å². The summed E-state index contributed by atoms with van der Waals surface area (Å²) in [5.74, 6) is -0.166.